The van der Waals surface area contributed by atoms with Crippen LogP contribution in [0.25, 0.3) is 0 Å². The van der Waals surface area contributed by atoms with Crippen molar-refractivity contribution in [3.63, 3.8) is 0 Å². The van der Waals surface area contributed by atoms with E-state index in [0.29, 0.717) is 5.92 Å². The highest BCUT2D eigenvalue weighted by molar-refractivity contribution is 6.08. The number of carbonyl (C=O) groups is 1. The van der Waals surface area contributed by atoms with Gasteiger partial charge in [0.1, 0.15) is 0 Å². The maximum atomic E-state index is 12.3. The Hall–Kier alpha value is -1.89. The summed E-state index contributed by atoms with van der Waals surface area (Å²) in [6, 6.07) is 9.41. The Balaban J connectivity index is 2.73. The molecule has 1 aromatic rings. The number of allylic oxidation sites excluding steroid dienone is 5. The van der Waals surface area contributed by atoms with Crippen LogP contribution in [0.3, 0.4) is 0 Å². The van der Waals surface area contributed by atoms with Crippen molar-refractivity contribution in [2.45, 2.75) is 46.5 Å². The first-order valence-corrected chi connectivity index (χ1v) is 8.17. The fourth-order valence-corrected chi connectivity index (χ4v) is 2.42. The van der Waals surface area contributed by atoms with E-state index in [1.165, 1.54) is 24.8 Å². The van der Waals surface area contributed by atoms with E-state index >= 15 is 0 Å². The quantitative estimate of drug-likeness (QED) is 0.176. The van der Waals surface area contributed by atoms with Crippen molar-refractivity contribution >= 4 is 5.78 Å². The molecule has 0 saturated carbocycles. The van der Waals surface area contributed by atoms with Crippen LogP contribution in [0, 0.1) is 5.92 Å². The largest absolute Gasteiger partial charge is 0.289 e. The van der Waals surface area contributed by atoms with Gasteiger partial charge in [0, 0.05) is 5.56 Å². The lowest BCUT2D eigenvalue weighted by Crippen LogP contribution is -2.01. The van der Waals surface area contributed by atoms with E-state index in [1.807, 2.05) is 49.4 Å². The second kappa shape index (κ2) is 9.94. The SMILES string of the molecule is C=CC(CCCCC)/C(C)=C/C=C(\C)C(=O)c1ccccc1. The van der Waals surface area contributed by atoms with Crippen molar-refractivity contribution < 1.29 is 4.79 Å². The summed E-state index contributed by atoms with van der Waals surface area (Å²) in [5, 5.41) is 0. The highest BCUT2D eigenvalue weighted by Crippen LogP contribution is 2.20. The summed E-state index contributed by atoms with van der Waals surface area (Å²) in [4.78, 5) is 12.3. The van der Waals surface area contributed by atoms with Gasteiger partial charge in [-0.15, -0.1) is 6.58 Å². The van der Waals surface area contributed by atoms with E-state index in [-0.39, 0.29) is 5.78 Å². The fourth-order valence-electron chi connectivity index (χ4n) is 2.42. The maximum Gasteiger partial charge on any atom is 0.188 e. The Morgan fingerprint density at radius 3 is 2.41 bits per heavy atom. The van der Waals surface area contributed by atoms with Gasteiger partial charge in [-0.2, -0.15) is 0 Å². The summed E-state index contributed by atoms with van der Waals surface area (Å²) in [5.74, 6) is 0.494. The molecule has 0 bridgehead atoms. The van der Waals surface area contributed by atoms with Crippen molar-refractivity contribution in [3.8, 4) is 0 Å². The van der Waals surface area contributed by atoms with E-state index in [1.54, 1.807) is 0 Å². The van der Waals surface area contributed by atoms with Gasteiger partial charge in [0.2, 0.25) is 0 Å². The van der Waals surface area contributed by atoms with Crippen LogP contribution in [0.1, 0.15) is 56.8 Å². The van der Waals surface area contributed by atoms with Crippen LogP contribution in [0.4, 0.5) is 0 Å². The molecule has 0 aliphatic rings. The van der Waals surface area contributed by atoms with E-state index in [9.17, 15) is 4.79 Å². The zero-order chi connectivity index (χ0) is 16.4. The zero-order valence-corrected chi connectivity index (χ0v) is 14.1. The molecule has 1 rings (SSSR count). The molecule has 0 amide bonds. The monoisotopic (exact) mass is 296 g/mol. The van der Waals surface area contributed by atoms with Crippen molar-refractivity contribution in [2.75, 3.05) is 0 Å². The van der Waals surface area contributed by atoms with E-state index in [0.717, 1.165) is 17.6 Å². The van der Waals surface area contributed by atoms with Gasteiger partial charge in [0.15, 0.2) is 5.78 Å². The average molecular weight is 296 g/mol. The van der Waals surface area contributed by atoms with Crippen molar-refractivity contribution in [1.82, 2.24) is 0 Å². The molecule has 0 fully saturated rings. The molecule has 0 N–H and O–H groups in total. The minimum atomic E-state index is 0.0887. The molecule has 0 aliphatic heterocycles. The van der Waals surface area contributed by atoms with Gasteiger partial charge < -0.3 is 0 Å². The molecule has 0 radical (unpaired) electrons. The molecule has 118 valence electrons. The summed E-state index contributed by atoms with van der Waals surface area (Å²) in [6.45, 7) is 10.2. The van der Waals surface area contributed by atoms with E-state index in [4.69, 9.17) is 0 Å². The average Bonchev–Trinajstić information content (AvgIpc) is 2.56. The zero-order valence-electron chi connectivity index (χ0n) is 14.1. The summed E-state index contributed by atoms with van der Waals surface area (Å²) in [7, 11) is 0. The molecular formula is C21H28O. The second-order valence-electron chi connectivity index (χ2n) is 5.79. The normalized spacial score (nSPS) is 13.8. The first-order valence-electron chi connectivity index (χ1n) is 8.17. The fraction of sp³-hybridized carbons (Fsp3) is 0.381. The van der Waals surface area contributed by atoms with Crippen LogP contribution in [-0.4, -0.2) is 5.78 Å². The summed E-state index contributed by atoms with van der Waals surface area (Å²) in [5.41, 5.74) is 2.78. The molecule has 1 heteroatoms. The Kier molecular flexibility index (Phi) is 8.21. The Bertz CT molecular complexity index is 534. The van der Waals surface area contributed by atoms with Crippen LogP contribution in [0.15, 0.2) is 66.3 Å². The lowest BCUT2D eigenvalue weighted by Gasteiger charge is -2.12. The second-order valence-corrected chi connectivity index (χ2v) is 5.79. The molecule has 1 unspecified atom stereocenters. The number of unbranched alkanes of at least 4 members (excludes halogenated alkanes) is 2. The number of carbonyl (C=O) groups excluding carboxylic acids is 1. The van der Waals surface area contributed by atoms with Crippen LogP contribution in [0.2, 0.25) is 0 Å². The first-order chi connectivity index (χ1) is 10.6. The van der Waals surface area contributed by atoms with Crippen molar-refractivity contribution in [3.05, 3.63) is 71.8 Å². The van der Waals surface area contributed by atoms with Crippen LogP contribution in [-0.2, 0) is 0 Å². The molecule has 0 aromatic heterocycles. The van der Waals surface area contributed by atoms with Crippen LogP contribution < -0.4 is 0 Å². The Morgan fingerprint density at radius 2 is 1.82 bits per heavy atom. The molecule has 0 heterocycles. The minimum absolute atomic E-state index is 0.0887. The predicted molar refractivity (Wildman–Crippen MR) is 96.1 cm³/mol. The molecule has 0 saturated heterocycles. The number of benzene rings is 1. The number of Topliss-reactive ketones (excluding diaryl/α,β-unsaturated/α-hetero) is 1. The number of hydrogen-bond acceptors (Lipinski definition) is 1. The van der Waals surface area contributed by atoms with E-state index < -0.39 is 0 Å². The van der Waals surface area contributed by atoms with Gasteiger partial charge >= 0.3 is 0 Å². The van der Waals surface area contributed by atoms with Gasteiger partial charge in [-0.3, -0.25) is 4.79 Å². The lowest BCUT2D eigenvalue weighted by molar-refractivity contribution is 0.103. The molecule has 0 spiro atoms. The number of rotatable bonds is 9. The third kappa shape index (κ3) is 5.85. The van der Waals surface area contributed by atoms with Crippen molar-refractivity contribution in [2.24, 2.45) is 5.92 Å². The van der Waals surface area contributed by atoms with Crippen LogP contribution in [0.5, 0.6) is 0 Å². The standard InChI is InChI=1S/C21H28O/c1-5-7-9-12-19(6-2)17(3)15-16-18(4)21(22)20-13-10-8-11-14-20/h6,8,10-11,13-16,19H,2,5,7,9,12H2,1,3-4H3/b17-15+,18-16+. The predicted octanol–water partition coefficient (Wildman–Crippen LogP) is 6.14. The minimum Gasteiger partial charge on any atom is -0.289 e. The van der Waals surface area contributed by atoms with Gasteiger partial charge in [-0.05, 0) is 31.8 Å². The highest BCUT2D eigenvalue weighted by Gasteiger charge is 2.08. The first kappa shape index (κ1) is 18.2. The van der Waals surface area contributed by atoms with Crippen LogP contribution >= 0.6 is 0 Å². The smallest absolute Gasteiger partial charge is 0.188 e. The molecule has 1 aromatic carbocycles. The third-order valence-corrected chi connectivity index (χ3v) is 3.98. The Morgan fingerprint density at radius 1 is 1.14 bits per heavy atom. The molecular weight excluding hydrogens is 268 g/mol. The van der Waals surface area contributed by atoms with E-state index in [2.05, 4.69) is 26.5 Å². The molecule has 22 heavy (non-hydrogen) atoms. The lowest BCUT2D eigenvalue weighted by atomic mass is 9.93. The number of hydrogen-bond donors (Lipinski definition) is 0. The number of ketones is 1. The van der Waals surface area contributed by atoms with Gasteiger partial charge in [-0.1, -0.05) is 80.3 Å². The van der Waals surface area contributed by atoms with Gasteiger partial charge in [-0.25, -0.2) is 0 Å². The topological polar surface area (TPSA) is 17.1 Å². The van der Waals surface area contributed by atoms with Gasteiger partial charge in [0.05, 0.1) is 0 Å². The molecule has 0 aliphatic carbocycles. The highest BCUT2D eigenvalue weighted by atomic mass is 16.1. The summed E-state index contributed by atoms with van der Waals surface area (Å²) < 4.78 is 0. The van der Waals surface area contributed by atoms with Gasteiger partial charge in [0.25, 0.3) is 0 Å². The summed E-state index contributed by atoms with van der Waals surface area (Å²) in [6.07, 6.45) is 10.9. The molecule has 1 nitrogen and oxygen atoms in total. The third-order valence-electron chi connectivity index (χ3n) is 3.98. The molecule has 1 atom stereocenters. The maximum absolute atomic E-state index is 12.3. The summed E-state index contributed by atoms with van der Waals surface area (Å²) >= 11 is 0. The Labute approximate surface area is 135 Å². The van der Waals surface area contributed by atoms with Crippen molar-refractivity contribution in [1.29, 1.82) is 0 Å².